The molecule has 0 radical (unpaired) electrons. The van der Waals surface area contributed by atoms with Crippen LogP contribution >= 0.6 is 0 Å². The molecule has 2 amide bonds. The summed E-state index contributed by atoms with van der Waals surface area (Å²) in [6, 6.07) is 9.59. The number of hydrogen-bond donors (Lipinski definition) is 2. The molecule has 8 nitrogen and oxygen atoms in total. The summed E-state index contributed by atoms with van der Waals surface area (Å²) in [5.41, 5.74) is 1.06. The highest BCUT2D eigenvalue weighted by Gasteiger charge is 2.34. The number of aliphatic hydroxyl groups excluding tert-OH is 1. The molecule has 1 aromatic rings. The number of esters is 1. The van der Waals surface area contributed by atoms with E-state index in [4.69, 9.17) is 14.6 Å². The molecule has 3 atom stereocenters. The second kappa shape index (κ2) is 16.7. The second-order valence-corrected chi connectivity index (χ2v) is 8.98. The maximum absolute atomic E-state index is 13.3. The number of ether oxygens (including phenoxy) is 2. The quantitative estimate of drug-likeness (QED) is 0.194. The number of carbonyl (C=O) groups excluding carboxylic acids is 3. The van der Waals surface area contributed by atoms with Crippen LogP contribution in [0.2, 0.25) is 0 Å². The maximum Gasteiger partial charge on any atom is 0.309 e. The number of hydrogen-bond acceptors (Lipinski definition) is 6. The molecule has 0 unspecified atom stereocenters. The zero-order chi connectivity index (χ0) is 26.2. The largest absolute Gasteiger partial charge is 0.463 e. The molecule has 1 aliphatic heterocycles. The van der Waals surface area contributed by atoms with Crippen molar-refractivity contribution in [3.63, 3.8) is 0 Å². The topological polar surface area (TPSA) is 105 Å². The van der Waals surface area contributed by atoms with E-state index in [2.05, 4.69) is 18.5 Å². The third-order valence-corrected chi connectivity index (χ3v) is 6.22. The lowest BCUT2D eigenvalue weighted by atomic mass is 9.96. The zero-order valence-corrected chi connectivity index (χ0v) is 21.1. The second-order valence-electron chi connectivity index (χ2n) is 8.98. The van der Waals surface area contributed by atoms with Crippen molar-refractivity contribution in [3.05, 3.63) is 61.2 Å². The van der Waals surface area contributed by atoms with Crippen LogP contribution in [0.3, 0.4) is 0 Å². The molecule has 1 aromatic carbocycles. The van der Waals surface area contributed by atoms with E-state index in [0.717, 1.165) is 18.4 Å². The van der Waals surface area contributed by atoms with E-state index in [1.54, 1.807) is 17.1 Å². The van der Waals surface area contributed by atoms with Gasteiger partial charge in [-0.3, -0.25) is 14.4 Å². The van der Waals surface area contributed by atoms with Gasteiger partial charge in [0.2, 0.25) is 11.8 Å². The zero-order valence-electron chi connectivity index (χ0n) is 21.1. The minimum Gasteiger partial charge on any atom is -0.463 e. The Balaban J connectivity index is 1.90. The van der Waals surface area contributed by atoms with E-state index >= 15 is 0 Å². The first kappa shape index (κ1) is 29.3. The molecule has 1 aliphatic rings. The summed E-state index contributed by atoms with van der Waals surface area (Å²) in [6.45, 7) is 8.98. The van der Waals surface area contributed by atoms with Gasteiger partial charge in [0, 0.05) is 19.5 Å². The summed E-state index contributed by atoms with van der Waals surface area (Å²) in [6.07, 6.45) is 6.46. The van der Waals surface area contributed by atoms with Crippen molar-refractivity contribution in [3.8, 4) is 0 Å². The van der Waals surface area contributed by atoms with Gasteiger partial charge in [-0.25, -0.2) is 0 Å². The van der Waals surface area contributed by atoms with Crippen molar-refractivity contribution >= 4 is 17.8 Å². The van der Waals surface area contributed by atoms with Crippen molar-refractivity contribution in [1.29, 1.82) is 0 Å². The molecule has 1 fully saturated rings. The van der Waals surface area contributed by atoms with E-state index < -0.39 is 5.92 Å². The number of likely N-dealkylation sites (tertiary alicyclic amines) is 1. The molecule has 1 heterocycles. The first-order valence-electron chi connectivity index (χ1n) is 12.7. The normalized spacial score (nSPS) is 16.7. The van der Waals surface area contributed by atoms with Crippen LogP contribution in [-0.2, 0) is 30.3 Å². The minimum atomic E-state index is -0.524. The lowest BCUT2D eigenvalue weighted by Gasteiger charge is -2.28. The van der Waals surface area contributed by atoms with E-state index in [0.29, 0.717) is 39.0 Å². The Kier molecular flexibility index (Phi) is 13.5. The van der Waals surface area contributed by atoms with Crippen molar-refractivity contribution in [2.45, 2.75) is 44.6 Å². The average Bonchev–Trinajstić information content (AvgIpc) is 3.35. The van der Waals surface area contributed by atoms with Crippen LogP contribution in [-0.4, -0.2) is 73.3 Å². The van der Waals surface area contributed by atoms with Crippen LogP contribution in [0.25, 0.3) is 0 Å². The lowest BCUT2D eigenvalue weighted by Crippen LogP contribution is -2.43. The van der Waals surface area contributed by atoms with Gasteiger partial charge in [0.05, 0.1) is 37.7 Å². The highest BCUT2D eigenvalue weighted by Crippen LogP contribution is 2.24. The predicted octanol–water partition coefficient (Wildman–Crippen LogP) is 2.66. The molecule has 0 saturated carbocycles. The van der Waals surface area contributed by atoms with Crippen LogP contribution in [0.15, 0.2) is 55.6 Å². The van der Waals surface area contributed by atoms with Crippen LogP contribution in [0.5, 0.6) is 0 Å². The molecular formula is C28H40N2O6. The summed E-state index contributed by atoms with van der Waals surface area (Å²) in [7, 11) is 0. The molecule has 36 heavy (non-hydrogen) atoms. The summed E-state index contributed by atoms with van der Waals surface area (Å²) in [4.78, 5) is 40.3. The number of nitrogens with one attached hydrogen (secondary N) is 1. The van der Waals surface area contributed by atoms with Crippen molar-refractivity contribution < 1.29 is 29.0 Å². The molecular weight excluding hydrogens is 460 g/mol. The number of rotatable bonds is 17. The van der Waals surface area contributed by atoms with E-state index in [-0.39, 0.29) is 56.0 Å². The number of aliphatic hydroxyl groups is 1. The number of amides is 2. The summed E-state index contributed by atoms with van der Waals surface area (Å²) >= 11 is 0. The van der Waals surface area contributed by atoms with Crippen molar-refractivity contribution in [2.24, 2.45) is 11.8 Å². The molecule has 2 rings (SSSR count). The van der Waals surface area contributed by atoms with Gasteiger partial charge in [0.1, 0.15) is 6.61 Å². The fourth-order valence-corrected chi connectivity index (χ4v) is 4.39. The predicted molar refractivity (Wildman–Crippen MR) is 138 cm³/mol. The van der Waals surface area contributed by atoms with E-state index in [1.807, 2.05) is 30.3 Å². The third-order valence-electron chi connectivity index (χ3n) is 6.22. The van der Waals surface area contributed by atoms with Gasteiger partial charge in [-0.2, -0.15) is 0 Å². The van der Waals surface area contributed by atoms with Gasteiger partial charge in [-0.15, -0.1) is 13.2 Å². The first-order valence-corrected chi connectivity index (χ1v) is 12.7. The summed E-state index contributed by atoms with van der Waals surface area (Å²) in [5, 5.41) is 11.5. The van der Waals surface area contributed by atoms with Crippen molar-refractivity contribution in [1.82, 2.24) is 10.2 Å². The van der Waals surface area contributed by atoms with Crippen LogP contribution < -0.4 is 5.32 Å². The highest BCUT2D eigenvalue weighted by molar-refractivity contribution is 5.86. The maximum atomic E-state index is 13.3. The first-order chi connectivity index (χ1) is 17.5. The molecule has 2 N–H and O–H groups in total. The number of carbonyl (C=O) groups is 3. The molecule has 0 aliphatic carbocycles. The Morgan fingerprint density at radius 3 is 2.53 bits per heavy atom. The fourth-order valence-electron chi connectivity index (χ4n) is 4.39. The Morgan fingerprint density at radius 1 is 1.11 bits per heavy atom. The van der Waals surface area contributed by atoms with Gasteiger partial charge >= 0.3 is 5.97 Å². The highest BCUT2D eigenvalue weighted by atomic mass is 16.5. The Hall–Kier alpha value is -2.97. The minimum absolute atomic E-state index is 0.0480. The molecule has 8 heteroatoms. The monoisotopic (exact) mass is 500 g/mol. The van der Waals surface area contributed by atoms with Gasteiger partial charge in [-0.1, -0.05) is 42.5 Å². The van der Waals surface area contributed by atoms with Crippen molar-refractivity contribution in [2.75, 3.05) is 39.5 Å². The summed E-state index contributed by atoms with van der Waals surface area (Å²) in [5.74, 6) is -1.49. The van der Waals surface area contributed by atoms with Crippen LogP contribution in [0.4, 0.5) is 0 Å². The average molecular weight is 501 g/mol. The standard InChI is InChI=1S/C28H40N2O6/c1-3-9-23(20-26(32)29-14-17-35-18-16-31)27(33)30-15-8-13-25(30)21-36-28(34)24(10-4-2)19-22-11-6-5-7-12-22/h3-7,11-12,23-25,31H,1-2,8-10,13-21H2,(H,29,32)/t23-,24-,25+/m1/s1. The van der Waals surface area contributed by atoms with Gasteiger partial charge in [0.25, 0.3) is 0 Å². The Bertz CT molecular complexity index is 844. The van der Waals surface area contributed by atoms with E-state index in [9.17, 15) is 14.4 Å². The third kappa shape index (κ3) is 9.95. The number of allylic oxidation sites excluding steroid dienone is 2. The molecule has 0 aromatic heterocycles. The molecule has 0 bridgehead atoms. The number of benzene rings is 1. The molecule has 198 valence electrons. The SMILES string of the molecule is C=CC[C@H](Cc1ccccc1)C(=O)OC[C@@H]1CCCN1C(=O)[C@H](CC=C)CC(=O)NCCOCCO. The fraction of sp³-hybridized carbons (Fsp3) is 0.536. The summed E-state index contributed by atoms with van der Waals surface area (Å²) < 4.78 is 10.8. The Labute approximate surface area is 214 Å². The molecule has 0 spiro atoms. The number of nitrogens with zero attached hydrogens (tertiary/aromatic N) is 1. The lowest BCUT2D eigenvalue weighted by molar-refractivity contribution is -0.152. The smallest absolute Gasteiger partial charge is 0.309 e. The Morgan fingerprint density at radius 2 is 1.83 bits per heavy atom. The van der Waals surface area contributed by atoms with Gasteiger partial charge in [0.15, 0.2) is 0 Å². The van der Waals surface area contributed by atoms with Crippen LogP contribution in [0, 0.1) is 11.8 Å². The van der Waals surface area contributed by atoms with Crippen LogP contribution in [0.1, 0.15) is 37.7 Å². The van der Waals surface area contributed by atoms with Gasteiger partial charge in [-0.05, 0) is 37.7 Å². The van der Waals surface area contributed by atoms with E-state index in [1.165, 1.54) is 0 Å². The van der Waals surface area contributed by atoms with Gasteiger partial charge < -0.3 is 24.8 Å². The molecule has 1 saturated heterocycles.